The van der Waals surface area contributed by atoms with Crippen LogP contribution >= 0.6 is 0 Å². The van der Waals surface area contributed by atoms with Crippen LogP contribution in [0, 0.1) is 16.0 Å². The Bertz CT molecular complexity index is 596. The molecule has 1 aliphatic carbocycles. The zero-order chi connectivity index (χ0) is 14.8. The highest BCUT2D eigenvalue weighted by Crippen LogP contribution is 2.34. The highest BCUT2D eigenvalue weighted by molar-refractivity contribution is 7.91. The van der Waals surface area contributed by atoms with Gasteiger partial charge >= 0.3 is 0 Å². The van der Waals surface area contributed by atoms with Crippen LogP contribution in [0.25, 0.3) is 0 Å². The third-order valence-electron chi connectivity index (χ3n) is 3.45. The molecular formula is C13H18N2O4S. The number of rotatable bonds is 7. The molecule has 0 aromatic heterocycles. The van der Waals surface area contributed by atoms with E-state index in [2.05, 4.69) is 5.32 Å². The van der Waals surface area contributed by atoms with Crippen LogP contribution in [0.5, 0.6) is 0 Å². The molecule has 0 heterocycles. The molecule has 1 aromatic rings. The molecule has 1 aliphatic rings. The van der Waals surface area contributed by atoms with Crippen molar-refractivity contribution in [3.8, 4) is 0 Å². The molecule has 0 saturated heterocycles. The van der Waals surface area contributed by atoms with Gasteiger partial charge in [0, 0.05) is 12.1 Å². The lowest BCUT2D eigenvalue weighted by atomic mass is 10.2. The van der Waals surface area contributed by atoms with E-state index in [1.807, 2.05) is 6.92 Å². The number of para-hydroxylation sites is 1. The molecule has 1 fully saturated rings. The fraction of sp³-hybridized carbons (Fsp3) is 0.538. The molecule has 1 unspecified atom stereocenters. The monoisotopic (exact) mass is 298 g/mol. The van der Waals surface area contributed by atoms with Crippen molar-refractivity contribution in [2.45, 2.75) is 30.7 Å². The van der Waals surface area contributed by atoms with E-state index in [0.717, 1.165) is 12.8 Å². The summed E-state index contributed by atoms with van der Waals surface area (Å²) in [4.78, 5) is 10.1. The van der Waals surface area contributed by atoms with E-state index in [1.165, 1.54) is 24.3 Å². The average Bonchev–Trinajstić information content (AvgIpc) is 3.22. The Morgan fingerprint density at radius 2 is 2.05 bits per heavy atom. The number of nitro groups is 1. The fourth-order valence-corrected chi connectivity index (χ4v) is 4.11. The minimum Gasteiger partial charge on any atom is -0.313 e. The fourth-order valence-electron chi connectivity index (χ4n) is 2.32. The van der Waals surface area contributed by atoms with Gasteiger partial charge in [0.2, 0.25) is 0 Å². The number of hydrogen-bond donors (Lipinski definition) is 1. The predicted molar refractivity (Wildman–Crippen MR) is 75.3 cm³/mol. The summed E-state index contributed by atoms with van der Waals surface area (Å²) in [6, 6.07) is 5.40. The molecule has 1 atom stereocenters. The second-order valence-electron chi connectivity index (χ2n) is 5.01. The average molecular weight is 298 g/mol. The molecular weight excluding hydrogens is 280 g/mol. The first-order valence-electron chi connectivity index (χ1n) is 6.65. The third kappa shape index (κ3) is 3.34. The number of benzene rings is 1. The molecule has 1 saturated carbocycles. The Balaban J connectivity index is 2.28. The van der Waals surface area contributed by atoms with E-state index in [0.29, 0.717) is 12.5 Å². The van der Waals surface area contributed by atoms with Gasteiger partial charge in [-0.1, -0.05) is 19.1 Å². The molecule has 6 nitrogen and oxygen atoms in total. The summed E-state index contributed by atoms with van der Waals surface area (Å²) in [7, 11) is -3.67. The molecule has 1 N–H and O–H groups in total. The Morgan fingerprint density at radius 3 is 2.60 bits per heavy atom. The Kier molecular flexibility index (Phi) is 4.39. The molecule has 0 amide bonds. The van der Waals surface area contributed by atoms with Crippen LogP contribution in [0.3, 0.4) is 0 Å². The molecule has 1 aromatic carbocycles. The van der Waals surface area contributed by atoms with E-state index in [1.54, 1.807) is 0 Å². The molecule has 2 rings (SSSR count). The summed E-state index contributed by atoms with van der Waals surface area (Å²) in [5.74, 6) is 0.281. The number of hydrogen-bond acceptors (Lipinski definition) is 5. The maximum absolute atomic E-state index is 12.4. The highest BCUT2D eigenvalue weighted by atomic mass is 32.2. The van der Waals surface area contributed by atoms with Crippen molar-refractivity contribution in [3.05, 3.63) is 34.4 Å². The van der Waals surface area contributed by atoms with Gasteiger partial charge in [0.15, 0.2) is 9.84 Å². The largest absolute Gasteiger partial charge is 0.313 e. The normalized spacial score (nSPS) is 16.9. The summed E-state index contributed by atoms with van der Waals surface area (Å²) in [6.45, 7) is 2.61. The minimum atomic E-state index is -3.67. The first-order chi connectivity index (χ1) is 9.45. The van der Waals surface area contributed by atoms with Crippen LogP contribution in [0.15, 0.2) is 29.2 Å². The molecule has 0 radical (unpaired) electrons. The highest BCUT2D eigenvalue weighted by Gasteiger charge is 2.36. The summed E-state index contributed by atoms with van der Waals surface area (Å²) in [6.07, 6.45) is 2.04. The van der Waals surface area contributed by atoms with E-state index in [4.69, 9.17) is 0 Å². The predicted octanol–water partition coefficient (Wildman–Crippen LogP) is 1.76. The molecule has 0 aliphatic heterocycles. The van der Waals surface area contributed by atoms with E-state index in [-0.39, 0.29) is 22.4 Å². The van der Waals surface area contributed by atoms with Gasteiger partial charge in [-0.3, -0.25) is 10.1 Å². The lowest BCUT2D eigenvalue weighted by Gasteiger charge is -2.17. The van der Waals surface area contributed by atoms with Crippen molar-refractivity contribution in [2.24, 2.45) is 5.92 Å². The molecule has 0 spiro atoms. The Morgan fingerprint density at radius 1 is 1.40 bits per heavy atom. The number of sulfone groups is 1. The van der Waals surface area contributed by atoms with Gasteiger partial charge in [-0.15, -0.1) is 0 Å². The second-order valence-corrected chi connectivity index (χ2v) is 7.01. The first-order valence-corrected chi connectivity index (χ1v) is 8.30. The van der Waals surface area contributed by atoms with Gasteiger partial charge in [0.25, 0.3) is 5.69 Å². The lowest BCUT2D eigenvalue weighted by molar-refractivity contribution is -0.387. The third-order valence-corrected chi connectivity index (χ3v) is 5.27. The van der Waals surface area contributed by atoms with Crippen molar-refractivity contribution in [2.75, 3.05) is 12.3 Å². The number of nitro benzene ring substituents is 1. The van der Waals surface area contributed by atoms with Crippen molar-refractivity contribution >= 4 is 15.5 Å². The van der Waals surface area contributed by atoms with Gasteiger partial charge in [0.05, 0.1) is 10.7 Å². The van der Waals surface area contributed by atoms with Gasteiger partial charge in [-0.2, -0.15) is 0 Å². The zero-order valence-electron chi connectivity index (χ0n) is 11.3. The standard InChI is InChI=1S/C13H18N2O4S/c1-2-14-11(10-7-8-10)9-20(18,19)13-6-4-3-5-12(13)15(16)17/h3-6,10-11,14H,2,7-9H2,1H3. The summed E-state index contributed by atoms with van der Waals surface area (Å²) < 4.78 is 24.9. The topological polar surface area (TPSA) is 89.3 Å². The lowest BCUT2D eigenvalue weighted by Crippen LogP contribution is -2.37. The molecule has 110 valence electrons. The molecule has 20 heavy (non-hydrogen) atoms. The molecule has 0 bridgehead atoms. The van der Waals surface area contributed by atoms with Gasteiger partial charge < -0.3 is 5.32 Å². The van der Waals surface area contributed by atoms with E-state index >= 15 is 0 Å². The second kappa shape index (κ2) is 5.88. The van der Waals surface area contributed by atoms with Crippen LogP contribution in [0.4, 0.5) is 5.69 Å². The van der Waals surface area contributed by atoms with E-state index < -0.39 is 14.8 Å². The Hall–Kier alpha value is -1.47. The van der Waals surface area contributed by atoms with Gasteiger partial charge in [-0.05, 0) is 31.4 Å². The van der Waals surface area contributed by atoms with E-state index in [9.17, 15) is 18.5 Å². The Labute approximate surface area is 118 Å². The minimum absolute atomic E-state index is 0.0869. The first kappa shape index (κ1) is 14.9. The van der Waals surface area contributed by atoms with Crippen molar-refractivity contribution in [3.63, 3.8) is 0 Å². The van der Waals surface area contributed by atoms with Crippen molar-refractivity contribution in [1.29, 1.82) is 0 Å². The van der Waals surface area contributed by atoms with Crippen molar-refractivity contribution < 1.29 is 13.3 Å². The molecule has 7 heteroatoms. The summed E-state index contributed by atoms with van der Waals surface area (Å²) >= 11 is 0. The van der Waals surface area contributed by atoms with Crippen LogP contribution in [0.1, 0.15) is 19.8 Å². The smallest absolute Gasteiger partial charge is 0.287 e. The van der Waals surface area contributed by atoms with Crippen molar-refractivity contribution in [1.82, 2.24) is 5.32 Å². The summed E-state index contributed by atoms with van der Waals surface area (Å²) in [5.41, 5.74) is -0.349. The van der Waals surface area contributed by atoms with Crippen LogP contribution < -0.4 is 5.32 Å². The SMILES string of the molecule is CCNC(CS(=O)(=O)c1ccccc1[N+](=O)[O-])C1CC1. The van der Waals surface area contributed by atoms with Gasteiger partial charge in [-0.25, -0.2) is 8.42 Å². The zero-order valence-corrected chi connectivity index (χ0v) is 12.1. The van der Waals surface area contributed by atoms with Gasteiger partial charge in [0.1, 0.15) is 4.90 Å². The maximum atomic E-state index is 12.4. The quantitative estimate of drug-likeness (QED) is 0.612. The maximum Gasteiger partial charge on any atom is 0.287 e. The van der Waals surface area contributed by atoms with Crippen LogP contribution in [0.2, 0.25) is 0 Å². The summed E-state index contributed by atoms with van der Waals surface area (Å²) in [5, 5.41) is 14.1. The number of nitrogens with one attached hydrogen (secondary N) is 1. The van der Waals surface area contributed by atoms with Crippen LogP contribution in [-0.2, 0) is 9.84 Å². The van der Waals surface area contributed by atoms with Crippen LogP contribution in [-0.4, -0.2) is 31.7 Å². The number of nitrogens with zero attached hydrogens (tertiary/aromatic N) is 1.